The number of nitrogens with zero attached hydrogens (tertiary/aromatic N) is 3. The molecule has 2 atom stereocenters. The van der Waals surface area contributed by atoms with Crippen molar-refractivity contribution in [3.63, 3.8) is 0 Å². The first-order valence-corrected chi connectivity index (χ1v) is 18.7. The van der Waals surface area contributed by atoms with E-state index in [0.29, 0.717) is 35.4 Å². The van der Waals surface area contributed by atoms with Crippen LogP contribution in [0.5, 0.6) is 46.0 Å². The van der Waals surface area contributed by atoms with Crippen LogP contribution in [-0.2, 0) is 25.7 Å². The van der Waals surface area contributed by atoms with E-state index >= 15 is 0 Å². The highest BCUT2D eigenvalue weighted by Crippen LogP contribution is 2.52. The molecule has 0 saturated carbocycles. The first-order chi connectivity index (χ1) is 25.4. The summed E-state index contributed by atoms with van der Waals surface area (Å²) in [7, 11) is 9.49. The molecule has 4 aromatic carbocycles. The third-order valence-electron chi connectivity index (χ3n) is 11.5. The lowest BCUT2D eigenvalue weighted by Gasteiger charge is -2.37. The third kappa shape index (κ3) is 6.77. The Morgan fingerprint density at radius 1 is 0.654 bits per heavy atom. The van der Waals surface area contributed by atoms with Crippen molar-refractivity contribution in [2.45, 2.75) is 50.6 Å². The Morgan fingerprint density at radius 3 is 2.08 bits per heavy atom. The molecule has 0 radical (unpaired) electrons. The third-order valence-corrected chi connectivity index (χ3v) is 11.5. The largest absolute Gasteiger partial charge is 0.493 e. The monoisotopic (exact) mass is 705 g/mol. The molecule has 0 amide bonds. The lowest BCUT2D eigenvalue weighted by atomic mass is 9.87. The fourth-order valence-corrected chi connectivity index (χ4v) is 8.52. The Hall–Kier alpha value is -4.44. The molecule has 52 heavy (non-hydrogen) atoms. The van der Waals surface area contributed by atoms with Gasteiger partial charge in [-0.15, -0.1) is 0 Å². The summed E-state index contributed by atoms with van der Waals surface area (Å²) < 4.78 is 38.2. The minimum atomic E-state index is -0.00554. The van der Waals surface area contributed by atoms with E-state index in [2.05, 4.69) is 89.5 Å². The molecular weight excluding hydrogens is 654 g/mol. The molecular formula is C43H51N3O6. The number of hydrogen-bond acceptors (Lipinski definition) is 9. The van der Waals surface area contributed by atoms with Crippen molar-refractivity contribution in [2.24, 2.45) is 0 Å². The van der Waals surface area contributed by atoms with Crippen molar-refractivity contribution in [3.8, 4) is 46.0 Å². The Labute approximate surface area is 307 Å². The Morgan fingerprint density at radius 2 is 1.33 bits per heavy atom. The molecule has 5 heterocycles. The maximum atomic E-state index is 7.09. The molecule has 0 spiro atoms. The normalized spacial score (nSPS) is 20.2. The van der Waals surface area contributed by atoms with Gasteiger partial charge in [0.1, 0.15) is 12.4 Å². The number of likely N-dealkylation sites (tertiary alicyclic amines) is 1. The van der Waals surface area contributed by atoms with E-state index in [1.54, 1.807) is 21.3 Å². The van der Waals surface area contributed by atoms with Crippen LogP contribution in [0, 0.1) is 0 Å². The number of benzene rings is 4. The van der Waals surface area contributed by atoms with Crippen molar-refractivity contribution in [3.05, 3.63) is 94.0 Å². The molecule has 5 aliphatic rings. The minimum absolute atomic E-state index is 0.00554. The fourth-order valence-electron chi connectivity index (χ4n) is 8.52. The second-order valence-electron chi connectivity index (χ2n) is 14.6. The van der Waals surface area contributed by atoms with Crippen LogP contribution in [0.1, 0.15) is 58.3 Å². The number of hydrogen-bond donors (Lipinski definition) is 0. The number of likely N-dealkylation sites (N-methyl/N-ethyl adjacent to an activating group) is 2. The zero-order chi connectivity index (χ0) is 35.8. The van der Waals surface area contributed by atoms with Gasteiger partial charge in [-0.2, -0.15) is 0 Å². The molecule has 1 fully saturated rings. The molecule has 0 aliphatic carbocycles. The molecule has 9 rings (SSSR count). The van der Waals surface area contributed by atoms with Crippen LogP contribution >= 0.6 is 0 Å². The van der Waals surface area contributed by atoms with Gasteiger partial charge in [0.25, 0.3) is 0 Å². The molecule has 0 aromatic heterocycles. The van der Waals surface area contributed by atoms with Crippen LogP contribution < -0.4 is 28.4 Å². The van der Waals surface area contributed by atoms with E-state index in [9.17, 15) is 0 Å². The average Bonchev–Trinajstić information content (AvgIpc) is 3.68. The van der Waals surface area contributed by atoms with Gasteiger partial charge in [0.05, 0.1) is 21.3 Å². The summed E-state index contributed by atoms with van der Waals surface area (Å²) in [4.78, 5) is 7.33. The van der Waals surface area contributed by atoms with Gasteiger partial charge in [-0.25, -0.2) is 0 Å². The summed E-state index contributed by atoms with van der Waals surface area (Å²) in [6, 6.07) is 21.6. The molecule has 4 aromatic rings. The second kappa shape index (κ2) is 14.9. The Balaban J connectivity index is 1.27. The fraction of sp³-hybridized carbons (Fsp3) is 0.442. The van der Waals surface area contributed by atoms with Crippen LogP contribution in [0.25, 0.3) is 0 Å². The van der Waals surface area contributed by atoms with E-state index < -0.39 is 0 Å². The van der Waals surface area contributed by atoms with E-state index in [-0.39, 0.29) is 12.1 Å². The predicted octanol–water partition coefficient (Wildman–Crippen LogP) is 7.63. The maximum absolute atomic E-state index is 7.09. The van der Waals surface area contributed by atoms with Crippen molar-refractivity contribution in [1.82, 2.24) is 14.7 Å². The molecule has 6 bridgehead atoms. The van der Waals surface area contributed by atoms with E-state index in [1.165, 1.54) is 35.1 Å². The molecule has 0 N–H and O–H groups in total. The molecule has 9 heteroatoms. The molecule has 5 aliphatic heterocycles. The number of rotatable bonds is 7. The van der Waals surface area contributed by atoms with Crippen LogP contribution in [-0.4, -0.2) is 89.5 Å². The lowest BCUT2D eigenvalue weighted by Crippen LogP contribution is -2.34. The SMILES string of the molecule is COc1cc2c3cc1Oc1c(OC)c(OC)cc4c1[C@@H](Cc1ccc(OCCN5CCCC5)c(c1)Oc1ccc(cc1)C[C@@H]3N(C)CC2)N(C)CC4. The number of methoxy groups -OCH3 is 3. The van der Waals surface area contributed by atoms with E-state index in [1.807, 2.05) is 0 Å². The van der Waals surface area contributed by atoms with Crippen LogP contribution in [0.15, 0.2) is 60.7 Å². The number of ether oxygens (including phenoxy) is 6. The Bertz CT molecular complexity index is 1910. The van der Waals surface area contributed by atoms with Gasteiger partial charge in [0.15, 0.2) is 34.5 Å². The quantitative estimate of drug-likeness (QED) is 0.193. The minimum Gasteiger partial charge on any atom is -0.493 e. The second-order valence-corrected chi connectivity index (χ2v) is 14.6. The maximum Gasteiger partial charge on any atom is 0.204 e. The zero-order valence-corrected chi connectivity index (χ0v) is 31.2. The van der Waals surface area contributed by atoms with Crippen LogP contribution in [0.3, 0.4) is 0 Å². The molecule has 1 saturated heterocycles. The highest BCUT2D eigenvalue weighted by molar-refractivity contribution is 5.64. The standard InChI is InChI=1S/C43H51N3O6/c1-44-18-14-30-25-37(47-3)39-27-33(30)34(44)22-28-8-11-32(12-9-28)51-38-24-29(10-13-36(38)50-21-20-46-16-6-7-17-46)23-35-41-31(15-19-45(35)2)26-40(48-4)42(49-5)43(41)52-39/h8-13,24-27,34-35H,6-7,14-23H2,1-5H3/t34-,35+/m0/s1. The van der Waals surface area contributed by atoms with Crippen molar-refractivity contribution in [2.75, 3.05) is 74.8 Å². The van der Waals surface area contributed by atoms with Crippen molar-refractivity contribution >= 4 is 0 Å². The highest BCUT2D eigenvalue weighted by Gasteiger charge is 2.35. The highest BCUT2D eigenvalue weighted by atomic mass is 16.5. The number of fused-ring (bicyclic) bond motifs is 2. The summed E-state index contributed by atoms with van der Waals surface area (Å²) in [6.07, 6.45) is 5.91. The van der Waals surface area contributed by atoms with E-state index in [0.717, 1.165) is 86.8 Å². The van der Waals surface area contributed by atoms with E-state index in [4.69, 9.17) is 28.4 Å². The summed E-state index contributed by atoms with van der Waals surface area (Å²) in [5.41, 5.74) is 7.21. The van der Waals surface area contributed by atoms with Gasteiger partial charge in [-0.05, 0) is 136 Å². The van der Waals surface area contributed by atoms with Gasteiger partial charge in [-0.3, -0.25) is 14.7 Å². The van der Waals surface area contributed by atoms with Crippen LogP contribution in [0.2, 0.25) is 0 Å². The van der Waals surface area contributed by atoms with Gasteiger partial charge >= 0.3 is 0 Å². The predicted molar refractivity (Wildman–Crippen MR) is 202 cm³/mol. The summed E-state index contributed by atoms with van der Waals surface area (Å²) in [5.74, 6) is 5.57. The summed E-state index contributed by atoms with van der Waals surface area (Å²) in [6.45, 7) is 5.69. The molecule has 9 nitrogen and oxygen atoms in total. The molecule has 274 valence electrons. The van der Waals surface area contributed by atoms with Gasteiger partial charge < -0.3 is 28.4 Å². The average molecular weight is 706 g/mol. The van der Waals surface area contributed by atoms with Gasteiger partial charge in [0, 0.05) is 37.3 Å². The first-order valence-electron chi connectivity index (χ1n) is 18.7. The van der Waals surface area contributed by atoms with Gasteiger partial charge in [0.2, 0.25) is 5.75 Å². The van der Waals surface area contributed by atoms with Crippen molar-refractivity contribution in [1.29, 1.82) is 0 Å². The van der Waals surface area contributed by atoms with Crippen molar-refractivity contribution < 1.29 is 28.4 Å². The summed E-state index contributed by atoms with van der Waals surface area (Å²) >= 11 is 0. The Kier molecular flexibility index (Phi) is 9.92. The zero-order valence-electron chi connectivity index (χ0n) is 31.2. The topological polar surface area (TPSA) is 65.1 Å². The summed E-state index contributed by atoms with van der Waals surface area (Å²) in [5, 5.41) is 0. The molecule has 0 unspecified atom stereocenters. The first kappa shape index (κ1) is 34.6. The lowest BCUT2D eigenvalue weighted by molar-refractivity contribution is 0.219. The van der Waals surface area contributed by atoms with Gasteiger partial charge in [-0.1, -0.05) is 18.2 Å². The smallest absolute Gasteiger partial charge is 0.204 e. The van der Waals surface area contributed by atoms with Crippen LogP contribution in [0.4, 0.5) is 0 Å².